The molecule has 0 fully saturated rings. The van der Waals surface area contributed by atoms with Crippen molar-refractivity contribution >= 4 is 38.3 Å². The van der Waals surface area contributed by atoms with E-state index in [1.165, 1.54) is 49.4 Å². The summed E-state index contributed by atoms with van der Waals surface area (Å²) >= 11 is 0. The average Bonchev–Trinajstić information content (AvgIpc) is 3.34. The number of para-hydroxylation sites is 2. The zero-order chi connectivity index (χ0) is 19.7. The Labute approximate surface area is 175 Å². The molecule has 0 spiro atoms. The molecule has 0 saturated carbocycles. The molecule has 5 aromatic rings. The van der Waals surface area contributed by atoms with Crippen molar-refractivity contribution in [3.05, 3.63) is 114 Å². The van der Waals surface area contributed by atoms with Crippen molar-refractivity contribution in [2.75, 3.05) is 0 Å². The van der Waals surface area contributed by atoms with E-state index in [9.17, 15) is 0 Å². The summed E-state index contributed by atoms with van der Waals surface area (Å²) in [6.45, 7) is 0. The van der Waals surface area contributed by atoms with E-state index in [2.05, 4.69) is 108 Å². The first-order chi connectivity index (χ1) is 14.9. The molecule has 2 aliphatic rings. The van der Waals surface area contributed by atoms with E-state index in [-0.39, 0.29) is 0 Å². The molecule has 0 N–H and O–H groups in total. The van der Waals surface area contributed by atoms with Crippen molar-refractivity contribution in [1.29, 1.82) is 0 Å². The van der Waals surface area contributed by atoms with Gasteiger partial charge in [0.05, 0.1) is 11.0 Å². The van der Waals surface area contributed by atoms with E-state index >= 15 is 0 Å². The van der Waals surface area contributed by atoms with E-state index in [4.69, 9.17) is 0 Å². The van der Waals surface area contributed by atoms with Crippen LogP contribution >= 0.6 is 0 Å². The summed E-state index contributed by atoms with van der Waals surface area (Å²) in [6.07, 6.45) is 8.44. The Kier molecular flexibility index (Phi) is 3.23. The smallest absolute Gasteiger partial charge is 0.0540 e. The maximum atomic E-state index is 2.52. The number of hydrogen-bond acceptors (Lipinski definition) is 0. The molecule has 2 unspecified atom stereocenters. The summed E-state index contributed by atoms with van der Waals surface area (Å²) in [5.41, 5.74) is 6.89. The van der Waals surface area contributed by atoms with E-state index < -0.39 is 0 Å². The van der Waals surface area contributed by atoms with E-state index in [1.54, 1.807) is 0 Å². The second-order valence-electron chi connectivity index (χ2n) is 8.57. The van der Waals surface area contributed by atoms with Gasteiger partial charge < -0.3 is 4.57 Å². The maximum Gasteiger partial charge on any atom is 0.0540 e. The molecule has 0 saturated heterocycles. The first-order valence-electron chi connectivity index (χ1n) is 10.8. The molecular formula is C29H21N. The number of hydrogen-bond donors (Lipinski definition) is 0. The third-order valence-corrected chi connectivity index (χ3v) is 7.01. The highest BCUT2D eigenvalue weighted by molar-refractivity contribution is 6.10. The summed E-state index contributed by atoms with van der Waals surface area (Å²) in [5, 5.41) is 5.40. The van der Waals surface area contributed by atoms with Crippen LogP contribution in [-0.4, -0.2) is 4.57 Å². The van der Waals surface area contributed by atoms with Gasteiger partial charge in [-0.2, -0.15) is 0 Å². The lowest BCUT2D eigenvalue weighted by atomic mass is 9.86. The molecule has 1 heterocycles. The van der Waals surface area contributed by atoms with Crippen molar-refractivity contribution in [1.82, 2.24) is 4.57 Å². The quantitative estimate of drug-likeness (QED) is 0.286. The van der Waals surface area contributed by atoms with Crippen LogP contribution in [-0.2, 0) is 6.42 Å². The molecule has 1 aromatic heterocycles. The molecule has 142 valence electrons. The van der Waals surface area contributed by atoms with Gasteiger partial charge in [0.25, 0.3) is 0 Å². The molecule has 7 rings (SSSR count). The number of aromatic nitrogens is 1. The van der Waals surface area contributed by atoms with Crippen LogP contribution in [0.25, 0.3) is 38.3 Å². The van der Waals surface area contributed by atoms with Crippen LogP contribution in [0.4, 0.5) is 0 Å². The Hall–Kier alpha value is -3.58. The molecular weight excluding hydrogens is 362 g/mol. The predicted octanol–water partition coefficient (Wildman–Crippen LogP) is 7.31. The van der Waals surface area contributed by atoms with Gasteiger partial charge in [-0.15, -0.1) is 0 Å². The zero-order valence-corrected chi connectivity index (χ0v) is 16.6. The van der Waals surface area contributed by atoms with Gasteiger partial charge >= 0.3 is 0 Å². The average molecular weight is 383 g/mol. The zero-order valence-electron chi connectivity index (χ0n) is 16.6. The van der Waals surface area contributed by atoms with Crippen molar-refractivity contribution in [3.8, 4) is 0 Å². The van der Waals surface area contributed by atoms with Crippen LogP contribution < -0.4 is 0 Å². The van der Waals surface area contributed by atoms with Crippen LogP contribution in [0.2, 0.25) is 0 Å². The van der Waals surface area contributed by atoms with Gasteiger partial charge in [0.1, 0.15) is 0 Å². The molecule has 1 nitrogen and oxygen atoms in total. The molecule has 4 aromatic carbocycles. The second kappa shape index (κ2) is 5.96. The van der Waals surface area contributed by atoms with Gasteiger partial charge in [0.2, 0.25) is 0 Å². The molecule has 0 radical (unpaired) electrons. The normalized spacial score (nSPS) is 19.9. The van der Waals surface area contributed by atoms with Gasteiger partial charge in [-0.1, -0.05) is 84.9 Å². The van der Waals surface area contributed by atoms with Crippen LogP contribution in [0.1, 0.15) is 17.0 Å². The van der Waals surface area contributed by atoms with Crippen molar-refractivity contribution in [2.24, 2.45) is 5.92 Å². The first kappa shape index (κ1) is 16.2. The van der Waals surface area contributed by atoms with Crippen LogP contribution in [0.5, 0.6) is 0 Å². The minimum absolute atomic E-state index is 0.436. The van der Waals surface area contributed by atoms with Crippen molar-refractivity contribution in [3.63, 3.8) is 0 Å². The maximum absolute atomic E-state index is 2.52. The highest BCUT2D eigenvalue weighted by Gasteiger charge is 2.33. The Bertz CT molecular complexity index is 1480. The number of benzene rings is 4. The third kappa shape index (κ3) is 2.12. The molecule has 0 aliphatic heterocycles. The summed E-state index contributed by atoms with van der Waals surface area (Å²) in [6, 6.07) is 31.0. The third-order valence-electron chi connectivity index (χ3n) is 7.01. The summed E-state index contributed by atoms with van der Waals surface area (Å²) in [4.78, 5) is 0. The molecule has 1 heteroatoms. The molecule has 30 heavy (non-hydrogen) atoms. The minimum atomic E-state index is 0.436. The summed E-state index contributed by atoms with van der Waals surface area (Å²) in [7, 11) is 0. The second-order valence-corrected chi connectivity index (χ2v) is 8.57. The van der Waals surface area contributed by atoms with Crippen molar-refractivity contribution in [2.45, 2.75) is 12.3 Å². The predicted molar refractivity (Wildman–Crippen MR) is 127 cm³/mol. The summed E-state index contributed by atoms with van der Waals surface area (Å²) < 4.78 is 2.44. The van der Waals surface area contributed by atoms with Crippen LogP contribution in [0.15, 0.2) is 103 Å². The highest BCUT2D eigenvalue weighted by Crippen LogP contribution is 2.47. The minimum Gasteiger partial charge on any atom is -0.310 e. The van der Waals surface area contributed by atoms with E-state index in [0.29, 0.717) is 11.8 Å². The standard InChI is InChI=1S/C29H21N/c1-2-8-23-19(7-1)13-14-21-17-20-15-16-22(18-26(20)29(21)23)30-27-11-5-3-9-24(27)25-10-4-6-12-28(25)30/h1-16,18,20,26H,17H2. The molecule has 0 amide bonds. The molecule has 2 aliphatic carbocycles. The fourth-order valence-electron chi connectivity index (χ4n) is 5.71. The Morgan fingerprint density at radius 2 is 1.33 bits per heavy atom. The van der Waals surface area contributed by atoms with E-state index in [1.807, 2.05) is 0 Å². The fraction of sp³-hybridized carbons (Fsp3) is 0.103. The van der Waals surface area contributed by atoms with Gasteiger partial charge in [-0.3, -0.25) is 0 Å². The number of allylic oxidation sites excluding steroid dienone is 4. The number of fused-ring (bicyclic) bond motifs is 8. The lowest BCUT2D eigenvalue weighted by molar-refractivity contribution is 0.631. The highest BCUT2D eigenvalue weighted by atomic mass is 15.0. The largest absolute Gasteiger partial charge is 0.310 e. The van der Waals surface area contributed by atoms with Crippen LogP contribution in [0, 0.1) is 5.92 Å². The fourth-order valence-corrected chi connectivity index (χ4v) is 5.71. The number of rotatable bonds is 1. The Morgan fingerprint density at radius 1 is 0.667 bits per heavy atom. The molecule has 0 bridgehead atoms. The monoisotopic (exact) mass is 383 g/mol. The lowest BCUT2D eigenvalue weighted by Gasteiger charge is -2.22. The Morgan fingerprint density at radius 3 is 2.10 bits per heavy atom. The Balaban J connectivity index is 1.49. The van der Waals surface area contributed by atoms with Gasteiger partial charge in [0, 0.05) is 22.4 Å². The lowest BCUT2D eigenvalue weighted by Crippen LogP contribution is -2.09. The van der Waals surface area contributed by atoms with Gasteiger partial charge in [-0.05, 0) is 52.4 Å². The first-order valence-corrected chi connectivity index (χ1v) is 10.8. The SMILES string of the molecule is C1=CC2Cc3ccc4ccccc4c3C2C=C1n1c2ccccc2c2ccccc21. The van der Waals surface area contributed by atoms with Crippen molar-refractivity contribution < 1.29 is 0 Å². The molecule has 2 atom stereocenters. The van der Waals surface area contributed by atoms with Crippen LogP contribution in [0.3, 0.4) is 0 Å². The topological polar surface area (TPSA) is 4.93 Å². The summed E-state index contributed by atoms with van der Waals surface area (Å²) in [5.74, 6) is 0.994. The number of nitrogens with zero attached hydrogens (tertiary/aromatic N) is 1. The van der Waals surface area contributed by atoms with Gasteiger partial charge in [-0.25, -0.2) is 0 Å². The van der Waals surface area contributed by atoms with E-state index in [0.717, 1.165) is 6.42 Å². The van der Waals surface area contributed by atoms with Gasteiger partial charge in [0.15, 0.2) is 0 Å².